The van der Waals surface area contributed by atoms with Crippen molar-refractivity contribution in [1.29, 1.82) is 5.26 Å². The smallest absolute Gasteiger partial charge is 0.497 e. The lowest BCUT2D eigenvalue weighted by Gasteiger charge is -2.22. The SMILES string of the molecule is COc1cc(-c2cc(C(F)(F)F)ccn2)cc(-c2nn(CCOC(=O)OCC(C)(C)C(=O)OCc3ccccc3)nc2C#N)c1. The summed E-state index contributed by atoms with van der Waals surface area (Å²) in [7, 11) is 1.38. The molecule has 4 aromatic rings. The van der Waals surface area contributed by atoms with Crippen LogP contribution in [0.2, 0.25) is 0 Å². The fraction of sp³-hybridized carbons (Fsp3) is 0.290. The molecule has 0 aliphatic rings. The van der Waals surface area contributed by atoms with Crippen LogP contribution in [-0.4, -0.2) is 52.4 Å². The van der Waals surface area contributed by atoms with Crippen molar-refractivity contribution in [3.8, 4) is 34.3 Å². The zero-order chi connectivity index (χ0) is 32.6. The minimum Gasteiger partial charge on any atom is -0.497 e. The Bertz CT molecular complexity index is 1700. The van der Waals surface area contributed by atoms with Crippen LogP contribution in [-0.2, 0) is 38.3 Å². The van der Waals surface area contributed by atoms with Crippen LogP contribution in [0, 0.1) is 16.7 Å². The summed E-state index contributed by atoms with van der Waals surface area (Å²) in [6.45, 7) is 2.64. The summed E-state index contributed by atoms with van der Waals surface area (Å²) in [5.41, 5.74) is -0.461. The molecule has 0 N–H and O–H groups in total. The van der Waals surface area contributed by atoms with Crippen LogP contribution in [0.15, 0.2) is 66.9 Å². The minimum absolute atomic E-state index is 0.0374. The fourth-order valence-electron chi connectivity index (χ4n) is 3.95. The molecule has 0 aliphatic carbocycles. The van der Waals surface area contributed by atoms with E-state index in [-0.39, 0.29) is 49.2 Å². The maximum absolute atomic E-state index is 13.3. The number of hydrogen-bond acceptors (Lipinski definition) is 10. The van der Waals surface area contributed by atoms with Gasteiger partial charge in [-0.1, -0.05) is 30.3 Å². The molecule has 0 atom stereocenters. The molecule has 0 radical (unpaired) electrons. The molecule has 0 saturated carbocycles. The van der Waals surface area contributed by atoms with Crippen molar-refractivity contribution in [2.75, 3.05) is 20.3 Å². The van der Waals surface area contributed by atoms with E-state index >= 15 is 0 Å². The summed E-state index contributed by atoms with van der Waals surface area (Å²) in [5, 5.41) is 18.1. The number of ether oxygens (including phenoxy) is 4. The molecule has 0 fully saturated rings. The predicted molar refractivity (Wildman–Crippen MR) is 152 cm³/mol. The Morgan fingerprint density at radius 1 is 0.956 bits per heavy atom. The van der Waals surface area contributed by atoms with E-state index in [0.717, 1.165) is 28.7 Å². The summed E-state index contributed by atoms with van der Waals surface area (Å²) in [4.78, 5) is 29.8. The maximum Gasteiger partial charge on any atom is 0.508 e. The van der Waals surface area contributed by atoms with E-state index in [1.54, 1.807) is 19.9 Å². The number of esters is 1. The highest BCUT2D eigenvalue weighted by molar-refractivity contribution is 5.76. The molecule has 0 saturated heterocycles. The van der Waals surface area contributed by atoms with E-state index in [1.165, 1.54) is 19.2 Å². The molecule has 2 aromatic carbocycles. The third-order valence-corrected chi connectivity index (χ3v) is 6.39. The summed E-state index contributed by atoms with van der Waals surface area (Å²) in [5.74, 6) is -0.265. The Labute approximate surface area is 256 Å². The van der Waals surface area contributed by atoms with Gasteiger partial charge in [0.25, 0.3) is 0 Å². The van der Waals surface area contributed by atoms with E-state index in [1.807, 2.05) is 36.4 Å². The highest BCUT2D eigenvalue weighted by atomic mass is 19.4. The molecule has 4 rings (SSSR count). The van der Waals surface area contributed by atoms with E-state index in [2.05, 4.69) is 15.2 Å². The Hall–Kier alpha value is -5.45. The van der Waals surface area contributed by atoms with Crippen molar-refractivity contribution < 1.29 is 41.7 Å². The first kappa shape index (κ1) is 32.5. The number of carbonyl (C=O) groups is 2. The Morgan fingerprint density at radius 3 is 2.38 bits per heavy atom. The lowest BCUT2D eigenvalue weighted by Crippen LogP contribution is -2.32. The third kappa shape index (κ3) is 8.56. The van der Waals surface area contributed by atoms with E-state index in [4.69, 9.17) is 18.9 Å². The van der Waals surface area contributed by atoms with E-state index in [9.17, 15) is 28.0 Å². The summed E-state index contributed by atoms with van der Waals surface area (Å²) < 4.78 is 60.6. The van der Waals surface area contributed by atoms with Gasteiger partial charge in [-0.25, -0.2) is 4.79 Å². The van der Waals surface area contributed by atoms with Gasteiger partial charge >= 0.3 is 18.3 Å². The van der Waals surface area contributed by atoms with Crippen molar-refractivity contribution in [3.05, 3.63) is 83.7 Å². The second-order valence-corrected chi connectivity index (χ2v) is 10.3. The number of rotatable bonds is 11. The molecule has 234 valence electrons. The van der Waals surface area contributed by atoms with Gasteiger partial charge in [0, 0.05) is 17.3 Å². The number of benzene rings is 2. The molecule has 0 aliphatic heterocycles. The summed E-state index contributed by atoms with van der Waals surface area (Å²) >= 11 is 0. The molecule has 45 heavy (non-hydrogen) atoms. The molecule has 14 heteroatoms. The highest BCUT2D eigenvalue weighted by Crippen LogP contribution is 2.34. The van der Waals surface area contributed by atoms with Gasteiger partial charge in [-0.3, -0.25) is 9.78 Å². The monoisotopic (exact) mass is 623 g/mol. The second-order valence-electron chi connectivity index (χ2n) is 10.3. The number of alkyl halides is 3. The lowest BCUT2D eigenvalue weighted by atomic mass is 9.95. The predicted octanol–water partition coefficient (Wildman–Crippen LogP) is 5.83. The maximum atomic E-state index is 13.3. The molecule has 0 unspecified atom stereocenters. The quantitative estimate of drug-likeness (QED) is 0.188. The van der Waals surface area contributed by atoms with Gasteiger partial charge in [-0.15, -0.1) is 5.10 Å². The second kappa shape index (κ2) is 13.9. The molecule has 2 heterocycles. The topological polar surface area (TPSA) is 138 Å². The van der Waals surface area contributed by atoms with Crippen LogP contribution >= 0.6 is 0 Å². The van der Waals surface area contributed by atoms with Crippen LogP contribution in [0.5, 0.6) is 5.75 Å². The zero-order valence-electron chi connectivity index (χ0n) is 24.5. The Morgan fingerprint density at radius 2 is 1.69 bits per heavy atom. The lowest BCUT2D eigenvalue weighted by molar-refractivity contribution is -0.157. The van der Waals surface area contributed by atoms with Crippen molar-refractivity contribution in [3.63, 3.8) is 0 Å². The molecule has 0 bridgehead atoms. The minimum atomic E-state index is -4.56. The number of nitrogens with zero attached hydrogens (tertiary/aromatic N) is 5. The van der Waals surface area contributed by atoms with Gasteiger partial charge in [-0.2, -0.15) is 28.3 Å². The zero-order valence-corrected chi connectivity index (χ0v) is 24.5. The van der Waals surface area contributed by atoms with Gasteiger partial charge in [0.1, 0.15) is 37.3 Å². The number of halogens is 3. The molecule has 0 amide bonds. The van der Waals surface area contributed by atoms with Crippen LogP contribution < -0.4 is 4.74 Å². The average Bonchev–Trinajstić information content (AvgIpc) is 3.46. The van der Waals surface area contributed by atoms with Crippen molar-refractivity contribution >= 4 is 12.1 Å². The normalized spacial score (nSPS) is 11.4. The standard InChI is InChI=1S/C31H28F3N5O6/c1-30(2,28(40)44-18-20-7-5-4-6-8-20)19-45-29(41)43-12-11-39-37-26(17-35)27(38-39)22-13-21(14-24(15-22)42-3)25-16-23(9-10-36-25)31(32,33)34/h4-10,13-16H,11-12,18-19H2,1-3H3. The largest absolute Gasteiger partial charge is 0.508 e. The van der Waals surface area contributed by atoms with Crippen LogP contribution in [0.3, 0.4) is 0 Å². The molecule has 0 spiro atoms. The van der Waals surface area contributed by atoms with Crippen molar-refractivity contribution in [2.24, 2.45) is 5.41 Å². The number of pyridine rings is 1. The van der Waals surface area contributed by atoms with E-state index < -0.39 is 29.3 Å². The first-order valence-corrected chi connectivity index (χ1v) is 13.5. The van der Waals surface area contributed by atoms with Gasteiger partial charge in [0.15, 0.2) is 5.69 Å². The van der Waals surface area contributed by atoms with Gasteiger partial charge in [-0.05, 0) is 49.7 Å². The first-order valence-electron chi connectivity index (χ1n) is 13.5. The van der Waals surface area contributed by atoms with Crippen molar-refractivity contribution in [1.82, 2.24) is 20.0 Å². The summed E-state index contributed by atoms with van der Waals surface area (Å²) in [6, 6.07) is 17.4. The molecular formula is C31H28F3N5O6. The van der Waals surface area contributed by atoms with Crippen molar-refractivity contribution in [2.45, 2.75) is 33.2 Å². The molecule has 2 aromatic heterocycles. The number of hydrogen-bond donors (Lipinski definition) is 0. The average molecular weight is 624 g/mol. The number of nitriles is 1. The fourth-order valence-corrected chi connectivity index (χ4v) is 3.95. The van der Waals surface area contributed by atoms with Gasteiger partial charge in [0.05, 0.1) is 30.3 Å². The van der Waals surface area contributed by atoms with Crippen LogP contribution in [0.1, 0.15) is 30.7 Å². The molecule has 11 nitrogen and oxygen atoms in total. The number of methoxy groups -OCH3 is 1. The number of carbonyl (C=O) groups excluding carboxylic acids is 2. The van der Waals surface area contributed by atoms with Gasteiger partial charge < -0.3 is 18.9 Å². The van der Waals surface area contributed by atoms with Crippen LogP contribution in [0.25, 0.3) is 22.5 Å². The third-order valence-electron chi connectivity index (χ3n) is 6.39. The highest BCUT2D eigenvalue weighted by Gasteiger charge is 2.32. The first-order chi connectivity index (χ1) is 21.4. The Balaban J connectivity index is 1.38. The number of aromatic nitrogens is 4. The van der Waals surface area contributed by atoms with Gasteiger partial charge in [0.2, 0.25) is 0 Å². The van der Waals surface area contributed by atoms with E-state index in [0.29, 0.717) is 11.1 Å². The summed E-state index contributed by atoms with van der Waals surface area (Å²) in [6.07, 6.45) is -4.54. The van der Waals surface area contributed by atoms with Crippen LogP contribution in [0.4, 0.5) is 18.0 Å². The molecular weight excluding hydrogens is 595 g/mol. The Kier molecular flexibility index (Phi) is 10.0.